The van der Waals surface area contributed by atoms with Crippen molar-refractivity contribution in [1.82, 2.24) is 24.7 Å². The summed E-state index contributed by atoms with van der Waals surface area (Å²) in [5.41, 5.74) is 8.27. The fraction of sp³-hybridized carbons (Fsp3) is 0.227. The molecule has 0 fully saturated rings. The van der Waals surface area contributed by atoms with Crippen molar-refractivity contribution in [2.45, 2.75) is 31.9 Å². The minimum absolute atomic E-state index is 0.213. The van der Waals surface area contributed by atoms with Gasteiger partial charge in [-0.2, -0.15) is 10.4 Å². The van der Waals surface area contributed by atoms with Gasteiger partial charge in [-0.1, -0.05) is 18.2 Å². The van der Waals surface area contributed by atoms with E-state index in [1.165, 1.54) is 6.33 Å². The van der Waals surface area contributed by atoms with Crippen molar-refractivity contribution in [2.75, 3.05) is 0 Å². The lowest BCUT2D eigenvalue weighted by atomic mass is 9.93. The lowest BCUT2D eigenvalue weighted by Gasteiger charge is -2.26. The Kier molecular flexibility index (Phi) is 5.13. The maximum absolute atomic E-state index is 11.3. The summed E-state index contributed by atoms with van der Waals surface area (Å²) < 4.78 is 7.00. The van der Waals surface area contributed by atoms with E-state index >= 15 is 0 Å². The topological polar surface area (TPSA) is 136 Å². The monoisotopic (exact) mass is 415 g/mol. The molecule has 0 radical (unpaired) electrons. The Morgan fingerprint density at radius 1 is 1.35 bits per heavy atom. The number of aromatic amines is 1. The molecule has 3 heterocycles. The third kappa shape index (κ3) is 3.96. The molecule has 4 rings (SSSR count). The van der Waals surface area contributed by atoms with Crippen molar-refractivity contribution < 1.29 is 9.53 Å². The fourth-order valence-electron chi connectivity index (χ4n) is 3.61. The largest absolute Gasteiger partial charge is 0.439 e. The average molecular weight is 415 g/mol. The number of fused-ring (bicyclic) bond motifs is 1. The fourth-order valence-corrected chi connectivity index (χ4v) is 3.61. The minimum Gasteiger partial charge on any atom is -0.439 e. The van der Waals surface area contributed by atoms with Crippen LogP contribution in [0.4, 0.5) is 4.79 Å². The van der Waals surface area contributed by atoms with E-state index in [9.17, 15) is 10.1 Å². The molecule has 31 heavy (non-hydrogen) atoms. The summed E-state index contributed by atoms with van der Waals surface area (Å²) in [6.45, 7) is 3.53. The zero-order valence-electron chi connectivity index (χ0n) is 17.1. The van der Waals surface area contributed by atoms with Crippen molar-refractivity contribution in [2.24, 2.45) is 5.73 Å². The molecule has 0 bridgehead atoms. The Morgan fingerprint density at radius 3 is 2.97 bits per heavy atom. The number of ether oxygens (including phenoxy) is 1. The Morgan fingerprint density at radius 2 is 2.19 bits per heavy atom. The second-order valence-corrected chi connectivity index (χ2v) is 7.61. The summed E-state index contributed by atoms with van der Waals surface area (Å²) in [5.74, 6) is 0. The summed E-state index contributed by atoms with van der Waals surface area (Å²) >= 11 is 0. The number of amides is 1. The number of hydrogen-bond acceptors (Lipinski definition) is 6. The molecular weight excluding hydrogens is 394 g/mol. The van der Waals surface area contributed by atoms with Crippen LogP contribution < -0.4 is 5.73 Å². The first-order valence-electron chi connectivity index (χ1n) is 9.67. The van der Waals surface area contributed by atoms with E-state index in [0.717, 1.165) is 33.4 Å². The predicted molar refractivity (Wildman–Crippen MR) is 114 cm³/mol. The predicted octanol–water partition coefficient (Wildman–Crippen LogP) is 3.65. The number of primary amides is 1. The Bertz CT molecular complexity index is 1280. The van der Waals surface area contributed by atoms with Crippen molar-refractivity contribution >= 4 is 17.1 Å². The van der Waals surface area contributed by atoms with Crippen LogP contribution in [0.5, 0.6) is 0 Å². The Balaban J connectivity index is 1.71. The molecule has 0 saturated carbocycles. The summed E-state index contributed by atoms with van der Waals surface area (Å²) in [5, 5.41) is 14.8. The number of carbonyl (C=O) groups is 1. The number of nitrogens with zero attached hydrogens (tertiary/aromatic N) is 5. The maximum atomic E-state index is 11.3. The molecule has 9 nitrogen and oxygen atoms in total. The molecule has 3 aromatic heterocycles. The van der Waals surface area contributed by atoms with Gasteiger partial charge in [0.2, 0.25) is 0 Å². The zero-order valence-corrected chi connectivity index (χ0v) is 17.1. The molecule has 0 saturated heterocycles. The zero-order chi connectivity index (χ0) is 22.0. The Labute approximate surface area is 178 Å². The van der Waals surface area contributed by atoms with Crippen molar-refractivity contribution in [3.8, 4) is 17.3 Å². The van der Waals surface area contributed by atoms with Crippen LogP contribution in [0.1, 0.15) is 37.4 Å². The maximum Gasteiger partial charge on any atom is 0.405 e. The van der Waals surface area contributed by atoms with E-state index < -0.39 is 11.7 Å². The number of nitrogens with two attached hydrogens (primary N) is 1. The lowest BCUT2D eigenvalue weighted by molar-refractivity contribution is 0.0431. The first kappa shape index (κ1) is 20.1. The molecule has 0 aliphatic carbocycles. The van der Waals surface area contributed by atoms with Gasteiger partial charge in [0.25, 0.3) is 0 Å². The highest BCUT2D eigenvalue weighted by Crippen LogP contribution is 2.31. The van der Waals surface area contributed by atoms with Gasteiger partial charge in [-0.25, -0.2) is 14.8 Å². The van der Waals surface area contributed by atoms with Crippen LogP contribution in [0.2, 0.25) is 0 Å². The standard InChI is InChI=1S/C22H21N7O2/c1-22(2,31-21(24)30)16-5-3-4-14(10-16)18(6-8-23)29-12-15(11-28-29)19-17-7-9-25-20(17)27-13-26-19/h3-5,7,9-13,18H,6H2,1-2H3,(H2,24,30)(H,25,26,27). The van der Waals surface area contributed by atoms with E-state index in [2.05, 4.69) is 26.1 Å². The highest BCUT2D eigenvalue weighted by molar-refractivity contribution is 5.89. The van der Waals surface area contributed by atoms with Gasteiger partial charge < -0.3 is 15.5 Å². The van der Waals surface area contributed by atoms with Crippen LogP contribution in [0.25, 0.3) is 22.3 Å². The minimum atomic E-state index is -0.908. The van der Waals surface area contributed by atoms with Gasteiger partial charge in [-0.05, 0) is 37.1 Å². The number of carbonyl (C=O) groups excluding carboxylic acids is 1. The van der Waals surface area contributed by atoms with Gasteiger partial charge in [0.05, 0.1) is 30.4 Å². The van der Waals surface area contributed by atoms with E-state index in [1.807, 2.05) is 42.7 Å². The number of nitriles is 1. The third-order valence-electron chi connectivity index (χ3n) is 5.16. The lowest BCUT2D eigenvalue weighted by Crippen LogP contribution is -2.29. The second-order valence-electron chi connectivity index (χ2n) is 7.61. The number of aromatic nitrogens is 5. The van der Waals surface area contributed by atoms with Gasteiger partial charge in [-0.15, -0.1) is 0 Å². The average Bonchev–Trinajstić information content (AvgIpc) is 3.40. The van der Waals surface area contributed by atoms with Crippen LogP contribution >= 0.6 is 0 Å². The highest BCUT2D eigenvalue weighted by atomic mass is 16.6. The van der Waals surface area contributed by atoms with Crippen LogP contribution in [0.3, 0.4) is 0 Å². The van der Waals surface area contributed by atoms with Gasteiger partial charge >= 0.3 is 6.09 Å². The molecule has 156 valence electrons. The van der Waals surface area contributed by atoms with Crippen molar-refractivity contribution in [3.63, 3.8) is 0 Å². The molecule has 1 unspecified atom stereocenters. The van der Waals surface area contributed by atoms with E-state index in [4.69, 9.17) is 10.5 Å². The van der Waals surface area contributed by atoms with Crippen LogP contribution in [0, 0.1) is 11.3 Å². The molecule has 1 atom stereocenters. The SMILES string of the molecule is CC(C)(OC(N)=O)c1cccc(C(CC#N)n2cc(-c3ncnc4[nH]ccc34)cn2)c1. The molecule has 1 amide bonds. The first-order valence-corrected chi connectivity index (χ1v) is 9.67. The number of rotatable bonds is 6. The smallest absolute Gasteiger partial charge is 0.405 e. The van der Waals surface area contributed by atoms with Crippen LogP contribution in [-0.2, 0) is 10.3 Å². The Hall–Kier alpha value is -4.19. The first-order chi connectivity index (χ1) is 14.9. The molecule has 4 aromatic rings. The number of nitrogens with one attached hydrogen (secondary N) is 1. The molecule has 0 aliphatic heterocycles. The number of benzene rings is 1. The van der Waals surface area contributed by atoms with E-state index in [-0.39, 0.29) is 12.5 Å². The van der Waals surface area contributed by atoms with Crippen molar-refractivity contribution in [1.29, 1.82) is 5.26 Å². The normalized spacial score (nSPS) is 12.4. The molecule has 0 spiro atoms. The van der Waals surface area contributed by atoms with Gasteiger partial charge in [0.1, 0.15) is 17.6 Å². The van der Waals surface area contributed by atoms with E-state index in [0.29, 0.717) is 0 Å². The van der Waals surface area contributed by atoms with Gasteiger partial charge in [0.15, 0.2) is 0 Å². The summed E-state index contributed by atoms with van der Waals surface area (Å²) in [6.07, 6.45) is 6.28. The van der Waals surface area contributed by atoms with E-state index in [1.54, 1.807) is 24.7 Å². The third-order valence-corrected chi connectivity index (χ3v) is 5.16. The number of hydrogen-bond donors (Lipinski definition) is 2. The summed E-state index contributed by atoms with van der Waals surface area (Å²) in [4.78, 5) is 23.0. The summed E-state index contributed by atoms with van der Waals surface area (Å²) in [6, 6.07) is 11.4. The van der Waals surface area contributed by atoms with Gasteiger partial charge in [-0.3, -0.25) is 4.68 Å². The van der Waals surface area contributed by atoms with Crippen LogP contribution in [-0.4, -0.2) is 30.8 Å². The molecule has 0 aliphatic rings. The molecule has 9 heteroatoms. The number of H-pyrrole nitrogens is 1. The highest BCUT2D eigenvalue weighted by Gasteiger charge is 2.26. The second kappa shape index (κ2) is 7.91. The van der Waals surface area contributed by atoms with Crippen molar-refractivity contribution in [3.05, 3.63) is 66.4 Å². The summed E-state index contributed by atoms with van der Waals surface area (Å²) in [7, 11) is 0. The molecule has 1 aromatic carbocycles. The molecule has 3 N–H and O–H groups in total. The van der Waals surface area contributed by atoms with Gasteiger partial charge in [0, 0.05) is 23.3 Å². The molecular formula is C22H21N7O2. The van der Waals surface area contributed by atoms with Crippen LogP contribution in [0.15, 0.2) is 55.2 Å². The quantitative estimate of drug-likeness (QED) is 0.493.